The first-order valence-electron chi connectivity index (χ1n) is 6.13. The van der Waals surface area contributed by atoms with Gasteiger partial charge in [-0.2, -0.15) is 11.8 Å². The van der Waals surface area contributed by atoms with Crippen LogP contribution in [0.25, 0.3) is 0 Å². The van der Waals surface area contributed by atoms with Crippen LogP contribution in [0.3, 0.4) is 0 Å². The number of hydrogen-bond acceptors (Lipinski definition) is 3. The van der Waals surface area contributed by atoms with E-state index in [0.717, 1.165) is 17.9 Å². The monoisotopic (exact) mass is 261 g/mol. The van der Waals surface area contributed by atoms with Gasteiger partial charge in [0.05, 0.1) is 6.61 Å². The topological polar surface area (TPSA) is 38.3 Å². The molecule has 0 radical (unpaired) electrons. The number of ether oxygens (including phenoxy) is 1. The van der Waals surface area contributed by atoms with Crippen LogP contribution in [-0.2, 0) is 4.74 Å². The molecule has 1 N–H and O–H groups in total. The minimum atomic E-state index is -0.321. The molecule has 0 rings (SSSR count). The lowest BCUT2D eigenvalue weighted by Crippen LogP contribution is -2.41. The molecule has 0 unspecified atom stereocenters. The standard InChI is InChI=1S/C13H27NO2S/c1-12(2,3)10-17-9-7-8-16-11(15)14-13(4,5)6/h7-10H2,1-6H3,(H,14,15). The lowest BCUT2D eigenvalue weighted by Gasteiger charge is -2.20. The van der Waals surface area contributed by atoms with Crippen LogP contribution < -0.4 is 5.32 Å². The summed E-state index contributed by atoms with van der Waals surface area (Å²) in [7, 11) is 0. The predicted octanol–water partition coefficient (Wildman–Crippen LogP) is 3.68. The molecular weight excluding hydrogens is 234 g/mol. The molecule has 0 aliphatic carbocycles. The van der Waals surface area contributed by atoms with Crippen LogP contribution in [0.4, 0.5) is 4.79 Å². The molecule has 3 nitrogen and oxygen atoms in total. The number of thioether (sulfide) groups is 1. The molecule has 0 aromatic rings. The van der Waals surface area contributed by atoms with Gasteiger partial charge in [-0.3, -0.25) is 0 Å². The van der Waals surface area contributed by atoms with E-state index in [1.54, 1.807) is 0 Å². The van der Waals surface area contributed by atoms with Gasteiger partial charge in [-0.05, 0) is 44.1 Å². The molecule has 0 saturated carbocycles. The van der Waals surface area contributed by atoms with Gasteiger partial charge in [0.2, 0.25) is 0 Å². The van der Waals surface area contributed by atoms with E-state index in [-0.39, 0.29) is 11.6 Å². The maximum Gasteiger partial charge on any atom is 0.407 e. The second-order valence-electron chi connectivity index (χ2n) is 6.48. The Kier molecular flexibility index (Phi) is 6.98. The van der Waals surface area contributed by atoms with E-state index in [4.69, 9.17) is 4.74 Å². The van der Waals surface area contributed by atoms with Gasteiger partial charge in [0.25, 0.3) is 0 Å². The quantitative estimate of drug-likeness (QED) is 0.767. The second-order valence-corrected chi connectivity index (χ2v) is 7.58. The molecule has 0 aromatic carbocycles. The van der Waals surface area contributed by atoms with E-state index >= 15 is 0 Å². The Balaban J connectivity index is 3.44. The Labute approximate surface area is 110 Å². The number of alkyl carbamates (subject to hydrolysis) is 1. The average Bonchev–Trinajstić information content (AvgIpc) is 2.06. The van der Waals surface area contributed by atoms with Crippen molar-refractivity contribution in [2.45, 2.75) is 53.5 Å². The van der Waals surface area contributed by atoms with E-state index in [2.05, 4.69) is 26.1 Å². The highest BCUT2D eigenvalue weighted by molar-refractivity contribution is 7.99. The lowest BCUT2D eigenvalue weighted by molar-refractivity contribution is 0.138. The zero-order valence-corrected chi connectivity index (χ0v) is 12.9. The van der Waals surface area contributed by atoms with Gasteiger partial charge >= 0.3 is 6.09 Å². The van der Waals surface area contributed by atoms with Crippen molar-refractivity contribution in [3.63, 3.8) is 0 Å². The fraction of sp³-hybridized carbons (Fsp3) is 0.923. The van der Waals surface area contributed by atoms with E-state index in [1.165, 1.54) is 0 Å². The van der Waals surface area contributed by atoms with Crippen molar-refractivity contribution in [2.24, 2.45) is 5.41 Å². The lowest BCUT2D eigenvalue weighted by atomic mass is 10.0. The van der Waals surface area contributed by atoms with Gasteiger partial charge in [0.1, 0.15) is 0 Å². The number of nitrogens with one attached hydrogen (secondary N) is 1. The van der Waals surface area contributed by atoms with Crippen LogP contribution in [0.5, 0.6) is 0 Å². The summed E-state index contributed by atoms with van der Waals surface area (Å²) in [6, 6.07) is 0. The predicted molar refractivity (Wildman–Crippen MR) is 75.6 cm³/mol. The van der Waals surface area contributed by atoms with E-state index in [1.807, 2.05) is 32.5 Å². The van der Waals surface area contributed by atoms with Crippen molar-refractivity contribution in [3.05, 3.63) is 0 Å². The molecule has 0 aromatic heterocycles. The smallest absolute Gasteiger partial charge is 0.407 e. The zero-order valence-electron chi connectivity index (χ0n) is 12.1. The van der Waals surface area contributed by atoms with Gasteiger partial charge in [-0.15, -0.1) is 0 Å². The molecule has 17 heavy (non-hydrogen) atoms. The van der Waals surface area contributed by atoms with Gasteiger partial charge < -0.3 is 10.1 Å². The van der Waals surface area contributed by atoms with Crippen molar-refractivity contribution in [3.8, 4) is 0 Å². The maximum atomic E-state index is 11.3. The van der Waals surface area contributed by atoms with Crippen LogP contribution in [-0.4, -0.2) is 29.7 Å². The van der Waals surface area contributed by atoms with Crippen LogP contribution in [0.2, 0.25) is 0 Å². The molecule has 0 aliphatic rings. The Hall–Kier alpha value is -0.380. The minimum absolute atomic E-state index is 0.224. The second kappa shape index (κ2) is 7.14. The number of hydrogen-bond donors (Lipinski definition) is 1. The molecule has 0 heterocycles. The first kappa shape index (κ1) is 16.6. The molecule has 0 atom stereocenters. The molecule has 102 valence electrons. The Morgan fingerprint density at radius 3 is 2.24 bits per heavy atom. The summed E-state index contributed by atoms with van der Waals surface area (Å²) in [5.41, 5.74) is 0.146. The Morgan fingerprint density at radius 1 is 1.18 bits per heavy atom. The molecule has 0 spiro atoms. The van der Waals surface area contributed by atoms with E-state index in [9.17, 15) is 4.79 Å². The first-order valence-corrected chi connectivity index (χ1v) is 7.28. The largest absolute Gasteiger partial charge is 0.450 e. The third-order valence-electron chi connectivity index (χ3n) is 1.68. The molecule has 4 heteroatoms. The van der Waals surface area contributed by atoms with Crippen LogP contribution in [0.15, 0.2) is 0 Å². The summed E-state index contributed by atoms with van der Waals surface area (Å²) in [5, 5.41) is 2.77. The number of rotatable bonds is 5. The summed E-state index contributed by atoms with van der Waals surface area (Å²) >= 11 is 1.91. The summed E-state index contributed by atoms with van der Waals surface area (Å²) in [6.45, 7) is 13.0. The highest BCUT2D eigenvalue weighted by Gasteiger charge is 2.14. The van der Waals surface area contributed by atoms with Crippen molar-refractivity contribution < 1.29 is 9.53 Å². The van der Waals surface area contributed by atoms with E-state index in [0.29, 0.717) is 12.0 Å². The van der Waals surface area contributed by atoms with Gasteiger partial charge in [-0.1, -0.05) is 20.8 Å². The third-order valence-corrected chi connectivity index (χ3v) is 3.33. The number of amides is 1. The SMILES string of the molecule is CC(C)(C)CSCCCOC(=O)NC(C)(C)C. The maximum absolute atomic E-state index is 11.3. The van der Waals surface area contributed by atoms with Crippen molar-refractivity contribution in [2.75, 3.05) is 18.1 Å². The summed E-state index contributed by atoms with van der Waals surface area (Å²) in [6.07, 6.45) is 0.594. The number of carbonyl (C=O) groups is 1. The Bertz CT molecular complexity index is 229. The first-order chi connectivity index (χ1) is 7.60. The van der Waals surface area contributed by atoms with E-state index < -0.39 is 0 Å². The molecular formula is C13H27NO2S. The molecule has 0 saturated heterocycles. The van der Waals surface area contributed by atoms with Crippen LogP contribution in [0, 0.1) is 5.41 Å². The summed E-state index contributed by atoms with van der Waals surface area (Å²) in [5.74, 6) is 2.18. The average molecular weight is 261 g/mol. The normalized spacial score (nSPS) is 12.4. The fourth-order valence-electron chi connectivity index (χ4n) is 1.05. The minimum Gasteiger partial charge on any atom is -0.450 e. The van der Waals surface area contributed by atoms with Crippen LogP contribution >= 0.6 is 11.8 Å². The fourth-order valence-corrected chi connectivity index (χ4v) is 2.13. The van der Waals surface area contributed by atoms with Crippen LogP contribution in [0.1, 0.15) is 48.0 Å². The van der Waals surface area contributed by atoms with Crippen molar-refractivity contribution >= 4 is 17.9 Å². The van der Waals surface area contributed by atoms with Gasteiger partial charge in [0.15, 0.2) is 0 Å². The third kappa shape index (κ3) is 13.6. The van der Waals surface area contributed by atoms with Gasteiger partial charge in [0, 0.05) is 5.54 Å². The van der Waals surface area contributed by atoms with Crippen molar-refractivity contribution in [1.82, 2.24) is 5.32 Å². The highest BCUT2D eigenvalue weighted by Crippen LogP contribution is 2.20. The highest BCUT2D eigenvalue weighted by atomic mass is 32.2. The molecule has 1 amide bonds. The Morgan fingerprint density at radius 2 is 1.76 bits per heavy atom. The molecule has 0 bridgehead atoms. The molecule has 0 aliphatic heterocycles. The zero-order chi connectivity index (χ0) is 13.5. The van der Waals surface area contributed by atoms with Crippen molar-refractivity contribution in [1.29, 1.82) is 0 Å². The summed E-state index contributed by atoms with van der Waals surface area (Å²) < 4.78 is 5.09. The molecule has 0 fully saturated rings. The van der Waals surface area contributed by atoms with Gasteiger partial charge in [-0.25, -0.2) is 4.79 Å². The number of carbonyl (C=O) groups excluding carboxylic acids is 1. The summed E-state index contributed by atoms with van der Waals surface area (Å²) in [4.78, 5) is 11.3.